The third-order valence-electron chi connectivity index (χ3n) is 3.09. The van der Waals surface area contributed by atoms with Crippen LogP contribution in [0.25, 0.3) is 0 Å². The predicted molar refractivity (Wildman–Crippen MR) is 65.4 cm³/mol. The number of hydrogen-bond donors (Lipinski definition) is 2. The van der Waals surface area contributed by atoms with Crippen LogP contribution in [-0.2, 0) is 6.42 Å². The van der Waals surface area contributed by atoms with Gasteiger partial charge in [-0.1, -0.05) is 12.2 Å². The molecule has 1 unspecified atom stereocenters. The molecule has 7 heteroatoms. The Kier molecular flexibility index (Phi) is 3.96. The number of carbonyl (C=O) groups excluding carboxylic acids is 1. The van der Waals surface area contributed by atoms with Gasteiger partial charge in [-0.3, -0.25) is 4.79 Å². The van der Waals surface area contributed by atoms with Crippen LogP contribution < -0.4 is 0 Å². The Morgan fingerprint density at radius 1 is 1.58 bits per heavy atom. The average Bonchev–Trinajstić information content (AvgIpc) is 3.03. The smallest absolute Gasteiger partial charge is 0.311 e. The molecule has 1 aromatic rings. The molecule has 1 amide bonds. The average molecular weight is 267 g/mol. The minimum absolute atomic E-state index is 0.0783. The second-order valence-corrected chi connectivity index (χ2v) is 4.63. The number of carbonyl (C=O) groups is 1. The van der Waals surface area contributed by atoms with Crippen molar-refractivity contribution < 1.29 is 19.4 Å². The summed E-state index contributed by atoms with van der Waals surface area (Å²) in [5.74, 6) is -0.122. The van der Waals surface area contributed by atoms with Crippen LogP contribution in [0.2, 0.25) is 0 Å². The first-order valence-corrected chi connectivity index (χ1v) is 6.14. The molecule has 19 heavy (non-hydrogen) atoms. The molecule has 2 N–H and O–H groups in total. The van der Waals surface area contributed by atoms with Crippen LogP contribution in [0.15, 0.2) is 16.6 Å². The number of hydrogen-bond acceptors (Lipinski definition) is 6. The first kappa shape index (κ1) is 13.7. The fraction of sp³-hybridized carbons (Fsp3) is 0.583. The van der Waals surface area contributed by atoms with Gasteiger partial charge in [-0.15, -0.1) is 10.2 Å². The number of likely N-dealkylation sites (tertiary alicyclic amines) is 1. The highest BCUT2D eigenvalue weighted by Crippen LogP contribution is 2.22. The summed E-state index contributed by atoms with van der Waals surface area (Å²) in [5.41, 5.74) is -1.22. The van der Waals surface area contributed by atoms with E-state index in [0.29, 0.717) is 25.3 Å². The molecule has 1 saturated heterocycles. The van der Waals surface area contributed by atoms with Crippen molar-refractivity contribution in [2.45, 2.75) is 25.4 Å². The van der Waals surface area contributed by atoms with E-state index in [1.807, 2.05) is 19.1 Å². The Balaban J connectivity index is 2.02. The lowest BCUT2D eigenvalue weighted by Crippen LogP contribution is -2.38. The number of nitrogens with zero attached hydrogens (tertiary/aromatic N) is 3. The Morgan fingerprint density at radius 3 is 3.00 bits per heavy atom. The molecule has 0 aromatic carbocycles. The Morgan fingerprint density at radius 2 is 2.37 bits per heavy atom. The Hall–Kier alpha value is -1.73. The molecule has 1 atom stereocenters. The molecule has 0 aliphatic carbocycles. The Labute approximate surface area is 110 Å². The summed E-state index contributed by atoms with van der Waals surface area (Å²) in [6.45, 7) is 1.95. The third-order valence-corrected chi connectivity index (χ3v) is 3.09. The van der Waals surface area contributed by atoms with E-state index in [1.165, 1.54) is 4.90 Å². The second-order valence-electron chi connectivity index (χ2n) is 4.63. The highest BCUT2D eigenvalue weighted by atomic mass is 16.4. The van der Waals surface area contributed by atoms with Gasteiger partial charge in [0.1, 0.15) is 5.60 Å². The molecule has 0 spiro atoms. The lowest BCUT2D eigenvalue weighted by atomic mass is 10.1. The van der Waals surface area contributed by atoms with Crippen LogP contribution in [0.3, 0.4) is 0 Å². The number of allylic oxidation sites excluding steroid dienone is 2. The fourth-order valence-corrected chi connectivity index (χ4v) is 1.94. The molecule has 104 valence electrons. The van der Waals surface area contributed by atoms with Crippen LogP contribution in [-0.4, -0.2) is 56.5 Å². The normalized spacial score (nSPS) is 23.4. The molecule has 1 fully saturated rings. The van der Waals surface area contributed by atoms with Crippen molar-refractivity contribution in [3.63, 3.8) is 0 Å². The summed E-state index contributed by atoms with van der Waals surface area (Å²) < 4.78 is 5.25. The van der Waals surface area contributed by atoms with E-state index < -0.39 is 11.5 Å². The van der Waals surface area contributed by atoms with Crippen LogP contribution in [0.1, 0.15) is 29.9 Å². The topological polar surface area (TPSA) is 99.7 Å². The largest absolute Gasteiger partial charge is 0.417 e. The van der Waals surface area contributed by atoms with Crippen molar-refractivity contribution in [3.8, 4) is 0 Å². The van der Waals surface area contributed by atoms with Crippen LogP contribution in [0.5, 0.6) is 0 Å². The van der Waals surface area contributed by atoms with Gasteiger partial charge in [-0.05, 0) is 13.3 Å². The van der Waals surface area contributed by atoms with Gasteiger partial charge in [0.25, 0.3) is 0 Å². The van der Waals surface area contributed by atoms with E-state index in [0.717, 1.165) is 0 Å². The molecule has 1 aliphatic rings. The van der Waals surface area contributed by atoms with Gasteiger partial charge in [0.2, 0.25) is 5.89 Å². The summed E-state index contributed by atoms with van der Waals surface area (Å²) in [5, 5.41) is 26.4. The maximum absolute atomic E-state index is 12.1. The second kappa shape index (κ2) is 5.50. The molecule has 0 radical (unpaired) electrons. The number of rotatable bonds is 4. The zero-order valence-corrected chi connectivity index (χ0v) is 10.7. The summed E-state index contributed by atoms with van der Waals surface area (Å²) in [6.07, 6.45) is 4.53. The zero-order chi connectivity index (χ0) is 13.9. The molecule has 7 nitrogen and oxygen atoms in total. The monoisotopic (exact) mass is 267 g/mol. The van der Waals surface area contributed by atoms with E-state index in [2.05, 4.69) is 10.2 Å². The summed E-state index contributed by atoms with van der Waals surface area (Å²) in [7, 11) is 0. The molecular weight excluding hydrogens is 250 g/mol. The highest BCUT2D eigenvalue weighted by Gasteiger charge is 2.39. The third kappa shape index (κ3) is 2.99. The number of aromatic nitrogens is 2. The van der Waals surface area contributed by atoms with Crippen molar-refractivity contribution in [1.82, 2.24) is 15.1 Å². The first-order chi connectivity index (χ1) is 9.08. The lowest BCUT2D eigenvalue weighted by Gasteiger charge is -2.19. The van der Waals surface area contributed by atoms with E-state index in [4.69, 9.17) is 9.52 Å². The number of amides is 1. The van der Waals surface area contributed by atoms with Crippen LogP contribution >= 0.6 is 0 Å². The Bertz CT molecular complexity index is 485. The summed E-state index contributed by atoms with van der Waals surface area (Å²) in [4.78, 5) is 13.5. The van der Waals surface area contributed by atoms with Crippen LogP contribution in [0, 0.1) is 0 Å². The quantitative estimate of drug-likeness (QED) is 0.730. The molecule has 2 heterocycles. The van der Waals surface area contributed by atoms with E-state index >= 15 is 0 Å². The molecule has 0 saturated carbocycles. The fourth-order valence-electron chi connectivity index (χ4n) is 1.94. The number of aliphatic hydroxyl groups excluding tert-OH is 1. The van der Waals surface area contributed by atoms with Gasteiger partial charge in [0, 0.05) is 13.0 Å². The van der Waals surface area contributed by atoms with Crippen molar-refractivity contribution in [2.24, 2.45) is 0 Å². The van der Waals surface area contributed by atoms with E-state index in [1.54, 1.807) is 0 Å². The van der Waals surface area contributed by atoms with Gasteiger partial charge in [0.05, 0.1) is 13.2 Å². The van der Waals surface area contributed by atoms with Crippen molar-refractivity contribution in [2.75, 3.05) is 19.7 Å². The SMILES string of the molecule is C/C=C/Cc1nnc(C(=O)N2CCC(O)(CO)C2)o1. The maximum atomic E-state index is 12.1. The number of aliphatic hydroxyl groups is 2. The lowest BCUT2D eigenvalue weighted by molar-refractivity contribution is -0.00486. The van der Waals surface area contributed by atoms with Crippen LogP contribution in [0.4, 0.5) is 0 Å². The molecule has 1 aromatic heterocycles. The summed E-state index contributed by atoms with van der Waals surface area (Å²) in [6, 6.07) is 0. The molecular formula is C12H17N3O4. The standard InChI is InChI=1S/C12H17N3O4/c1-2-3-4-9-13-14-10(19-9)11(17)15-6-5-12(18,7-15)8-16/h2-3,16,18H,4-8H2,1H3/b3-2+. The predicted octanol–water partition coefficient (Wildman–Crippen LogP) is -0.243. The zero-order valence-electron chi connectivity index (χ0n) is 10.7. The molecule has 1 aliphatic heterocycles. The molecule has 0 bridgehead atoms. The highest BCUT2D eigenvalue weighted by molar-refractivity contribution is 5.89. The van der Waals surface area contributed by atoms with Gasteiger partial charge >= 0.3 is 11.8 Å². The van der Waals surface area contributed by atoms with Crippen molar-refractivity contribution >= 4 is 5.91 Å². The molecule has 2 rings (SSSR count). The van der Waals surface area contributed by atoms with E-state index in [-0.39, 0.29) is 19.0 Å². The van der Waals surface area contributed by atoms with Crippen molar-refractivity contribution in [3.05, 3.63) is 23.9 Å². The first-order valence-electron chi connectivity index (χ1n) is 6.14. The minimum atomic E-state index is -1.22. The minimum Gasteiger partial charge on any atom is -0.417 e. The van der Waals surface area contributed by atoms with Gasteiger partial charge in [-0.2, -0.15) is 0 Å². The summed E-state index contributed by atoms with van der Waals surface area (Å²) >= 11 is 0. The number of β-amino-alcohol motifs (C(OH)–C–C–N with tert-alkyl or cyclic N) is 1. The van der Waals surface area contributed by atoms with Gasteiger partial charge in [0.15, 0.2) is 0 Å². The van der Waals surface area contributed by atoms with Gasteiger partial charge in [-0.25, -0.2) is 0 Å². The van der Waals surface area contributed by atoms with Gasteiger partial charge < -0.3 is 19.5 Å². The maximum Gasteiger partial charge on any atom is 0.311 e. The van der Waals surface area contributed by atoms with E-state index in [9.17, 15) is 9.90 Å². The van der Waals surface area contributed by atoms with Crippen molar-refractivity contribution in [1.29, 1.82) is 0 Å².